The number of allylic oxidation sites excluding steroid dienone is 1. The minimum atomic E-state index is -1.83. The van der Waals surface area contributed by atoms with Crippen LogP contribution < -0.4 is 0 Å². The van der Waals surface area contributed by atoms with Crippen LogP contribution in [0.15, 0.2) is 12.7 Å². The predicted molar refractivity (Wildman–Crippen MR) is 61.0 cm³/mol. The summed E-state index contributed by atoms with van der Waals surface area (Å²) in [6, 6.07) is 0. The average molecular weight is 204 g/mol. The molecule has 0 saturated heterocycles. The molecule has 0 bridgehead atoms. The van der Waals surface area contributed by atoms with Crippen molar-refractivity contribution in [3.05, 3.63) is 12.7 Å². The van der Waals surface area contributed by atoms with Crippen molar-refractivity contribution in [3.63, 3.8) is 0 Å². The minimum absolute atomic E-state index is 1.36. The van der Waals surface area contributed by atoms with E-state index >= 15 is 0 Å². The van der Waals surface area contributed by atoms with Crippen molar-refractivity contribution >= 4 is 6.16 Å². The van der Waals surface area contributed by atoms with E-state index in [1.54, 1.807) is 6.08 Å². The zero-order chi connectivity index (χ0) is 11.8. The summed E-state index contributed by atoms with van der Waals surface area (Å²) < 4.78 is 0. The molecule has 0 saturated carbocycles. The molecule has 0 spiro atoms. The fraction of sp³-hybridized carbons (Fsp3) is 0.727. The van der Waals surface area contributed by atoms with Gasteiger partial charge in [-0.05, 0) is 6.92 Å². The Labute approximate surface area is 87.5 Å². The second-order valence-electron chi connectivity index (χ2n) is 2.75. The van der Waals surface area contributed by atoms with Crippen molar-refractivity contribution in [1.82, 2.24) is 0 Å². The molecule has 0 aromatic rings. The molecule has 0 rings (SSSR count). The molecule has 3 nitrogen and oxygen atoms in total. The van der Waals surface area contributed by atoms with E-state index < -0.39 is 6.16 Å². The quantitative estimate of drug-likeness (QED) is 0.527. The molecule has 0 unspecified atom stereocenters. The van der Waals surface area contributed by atoms with Crippen LogP contribution in [0.1, 0.15) is 52.9 Å². The van der Waals surface area contributed by atoms with Crippen molar-refractivity contribution in [2.45, 2.75) is 52.9 Å². The van der Waals surface area contributed by atoms with Gasteiger partial charge in [-0.1, -0.05) is 52.0 Å². The van der Waals surface area contributed by atoms with Crippen LogP contribution in [0.25, 0.3) is 0 Å². The fourth-order valence-electron chi connectivity index (χ4n) is 0.677. The maximum atomic E-state index is 8.56. The molecule has 0 amide bonds. The van der Waals surface area contributed by atoms with Crippen LogP contribution in [0, 0.1) is 0 Å². The summed E-state index contributed by atoms with van der Waals surface area (Å²) in [4.78, 5) is 8.56. The molecule has 0 fully saturated rings. The summed E-state index contributed by atoms with van der Waals surface area (Å²) >= 11 is 0. The molecule has 0 aliphatic heterocycles. The summed E-state index contributed by atoms with van der Waals surface area (Å²) in [6.45, 7) is 9.74. The third-order valence-electron chi connectivity index (χ3n) is 1.21. The normalized spacial score (nSPS) is 7.36. The summed E-state index contributed by atoms with van der Waals surface area (Å²) in [7, 11) is 0. The summed E-state index contributed by atoms with van der Waals surface area (Å²) in [5, 5.41) is 13.9. The molecule has 0 atom stereocenters. The summed E-state index contributed by atoms with van der Waals surface area (Å²) in [6.07, 6.45) is 6.93. The van der Waals surface area contributed by atoms with Gasteiger partial charge >= 0.3 is 6.16 Å². The van der Waals surface area contributed by atoms with Crippen LogP contribution in [0.3, 0.4) is 0 Å². The minimum Gasteiger partial charge on any atom is -0.450 e. The van der Waals surface area contributed by atoms with E-state index in [9.17, 15) is 0 Å². The van der Waals surface area contributed by atoms with Gasteiger partial charge in [0.15, 0.2) is 0 Å². The third-order valence-corrected chi connectivity index (χ3v) is 1.21. The van der Waals surface area contributed by atoms with Gasteiger partial charge in [-0.3, -0.25) is 0 Å². The van der Waals surface area contributed by atoms with Gasteiger partial charge in [-0.2, -0.15) is 0 Å². The Hall–Kier alpha value is -0.990. The van der Waals surface area contributed by atoms with Crippen molar-refractivity contribution in [1.29, 1.82) is 0 Å². The average Bonchev–Trinajstić information content (AvgIpc) is 2.06. The maximum Gasteiger partial charge on any atom is 0.503 e. The largest absolute Gasteiger partial charge is 0.503 e. The molecule has 0 heterocycles. The molecule has 2 N–H and O–H groups in total. The Balaban J connectivity index is -0.000000147. The van der Waals surface area contributed by atoms with E-state index in [-0.39, 0.29) is 0 Å². The van der Waals surface area contributed by atoms with Gasteiger partial charge in [0.1, 0.15) is 0 Å². The molecule has 0 aliphatic carbocycles. The molecule has 0 aliphatic rings. The van der Waals surface area contributed by atoms with Crippen LogP contribution in [-0.2, 0) is 0 Å². The van der Waals surface area contributed by atoms with Gasteiger partial charge in [-0.15, -0.1) is 6.58 Å². The van der Waals surface area contributed by atoms with Crippen molar-refractivity contribution in [2.24, 2.45) is 0 Å². The lowest BCUT2D eigenvalue weighted by atomic mass is 10.2. The van der Waals surface area contributed by atoms with E-state index in [1.165, 1.54) is 32.1 Å². The fourth-order valence-corrected chi connectivity index (χ4v) is 0.677. The Morgan fingerprint density at radius 1 is 1.14 bits per heavy atom. The van der Waals surface area contributed by atoms with Crippen LogP contribution in [0.5, 0.6) is 0 Å². The Kier molecular flexibility index (Phi) is 30.4. The monoisotopic (exact) mass is 204 g/mol. The van der Waals surface area contributed by atoms with Gasteiger partial charge in [-0.25, -0.2) is 4.79 Å². The second kappa shape index (κ2) is 22.7. The molecule has 0 aromatic heterocycles. The number of hydrogen-bond acceptors (Lipinski definition) is 1. The number of unbranched alkanes of at least 4 members (excludes halogenated alkanes) is 4. The van der Waals surface area contributed by atoms with Crippen LogP contribution >= 0.6 is 0 Å². The highest BCUT2D eigenvalue weighted by Crippen LogP contribution is 2.00. The number of carboxylic acid groups (broad SMARTS) is 2. The van der Waals surface area contributed by atoms with Crippen molar-refractivity contribution < 1.29 is 15.0 Å². The zero-order valence-electron chi connectivity index (χ0n) is 9.62. The maximum absolute atomic E-state index is 8.56. The molecule has 0 aromatic carbocycles. The van der Waals surface area contributed by atoms with Gasteiger partial charge in [0.05, 0.1) is 0 Å². The Morgan fingerprint density at radius 2 is 1.36 bits per heavy atom. The number of hydrogen-bond donors (Lipinski definition) is 2. The smallest absolute Gasteiger partial charge is 0.450 e. The third kappa shape index (κ3) is 122. The molecule has 0 radical (unpaired) electrons. The lowest BCUT2D eigenvalue weighted by molar-refractivity contribution is 0.137. The Bertz CT molecular complexity index is 103. The SMILES string of the molecule is C=CC.CCCCCCC.O=C(O)O. The van der Waals surface area contributed by atoms with Gasteiger partial charge in [0.25, 0.3) is 0 Å². The van der Waals surface area contributed by atoms with E-state index in [0.29, 0.717) is 0 Å². The van der Waals surface area contributed by atoms with Gasteiger partial charge in [0.2, 0.25) is 0 Å². The standard InChI is InChI=1S/C7H16.C3H6.CH2O3/c1-3-5-7-6-4-2;1-3-2;2-1(3)4/h3-7H2,1-2H3;3H,1H2,2H3;(H2,2,3,4). The van der Waals surface area contributed by atoms with E-state index in [4.69, 9.17) is 15.0 Å². The number of carbonyl (C=O) groups is 1. The summed E-state index contributed by atoms with van der Waals surface area (Å²) in [5.41, 5.74) is 0. The highest BCUT2D eigenvalue weighted by molar-refractivity contribution is 5.53. The van der Waals surface area contributed by atoms with E-state index in [2.05, 4.69) is 20.4 Å². The van der Waals surface area contributed by atoms with Gasteiger partial charge in [0, 0.05) is 0 Å². The van der Waals surface area contributed by atoms with Gasteiger partial charge < -0.3 is 10.2 Å². The van der Waals surface area contributed by atoms with Crippen molar-refractivity contribution in [3.8, 4) is 0 Å². The van der Waals surface area contributed by atoms with Crippen molar-refractivity contribution in [2.75, 3.05) is 0 Å². The highest BCUT2D eigenvalue weighted by atomic mass is 16.6. The highest BCUT2D eigenvalue weighted by Gasteiger charge is 1.80. The molecular weight excluding hydrogens is 180 g/mol. The van der Waals surface area contributed by atoms with E-state index in [1.807, 2.05) is 6.92 Å². The lowest BCUT2D eigenvalue weighted by Gasteiger charge is -1.90. The van der Waals surface area contributed by atoms with E-state index in [0.717, 1.165) is 0 Å². The molecular formula is C11H24O3. The lowest BCUT2D eigenvalue weighted by Crippen LogP contribution is -1.81. The van der Waals surface area contributed by atoms with Crippen LogP contribution in [0.4, 0.5) is 4.79 Å². The van der Waals surface area contributed by atoms with Crippen LogP contribution in [-0.4, -0.2) is 16.4 Å². The second-order valence-corrected chi connectivity index (χ2v) is 2.75. The number of rotatable bonds is 4. The topological polar surface area (TPSA) is 57.5 Å². The first kappa shape index (κ1) is 18.7. The van der Waals surface area contributed by atoms with Crippen LogP contribution in [0.2, 0.25) is 0 Å². The summed E-state index contributed by atoms with van der Waals surface area (Å²) in [5.74, 6) is 0. The molecule has 3 heteroatoms. The first-order valence-corrected chi connectivity index (χ1v) is 5.05. The Morgan fingerprint density at radius 3 is 1.50 bits per heavy atom. The molecule has 14 heavy (non-hydrogen) atoms. The predicted octanol–water partition coefficient (Wildman–Crippen LogP) is 4.39. The first-order chi connectivity index (χ1) is 6.56. The first-order valence-electron chi connectivity index (χ1n) is 5.05. The molecule has 86 valence electrons. The zero-order valence-corrected chi connectivity index (χ0v) is 9.62.